The molecule has 1 aromatic rings. The topological polar surface area (TPSA) is 78.3 Å². The van der Waals surface area contributed by atoms with Gasteiger partial charge in [0.1, 0.15) is 5.75 Å². The zero-order chi connectivity index (χ0) is 11.4. The first-order valence-electron chi connectivity index (χ1n) is 4.13. The highest BCUT2D eigenvalue weighted by Crippen LogP contribution is 2.34. The highest BCUT2D eigenvalue weighted by molar-refractivity contribution is 9.11. The second-order valence-corrected chi connectivity index (χ2v) is 4.56. The van der Waals surface area contributed by atoms with Crippen LogP contribution in [0.15, 0.2) is 21.1 Å². The summed E-state index contributed by atoms with van der Waals surface area (Å²) in [6.07, 6.45) is 0. The predicted molar refractivity (Wildman–Crippen MR) is 64.4 cm³/mol. The van der Waals surface area contributed by atoms with E-state index < -0.39 is 5.91 Å². The molecule has 0 bridgehead atoms. The van der Waals surface area contributed by atoms with Gasteiger partial charge in [-0.05, 0) is 49.6 Å². The molecule has 0 saturated heterocycles. The Kier molecular flexibility index (Phi) is 4.56. The molecule has 0 fully saturated rings. The van der Waals surface area contributed by atoms with E-state index in [1.807, 2.05) is 12.1 Å². The van der Waals surface area contributed by atoms with Crippen molar-refractivity contribution in [2.45, 2.75) is 6.54 Å². The first-order valence-corrected chi connectivity index (χ1v) is 5.72. The number of nitrogens with two attached hydrogens (primary N) is 2. The van der Waals surface area contributed by atoms with Crippen molar-refractivity contribution in [3.05, 3.63) is 26.6 Å². The minimum Gasteiger partial charge on any atom is -0.481 e. The first kappa shape index (κ1) is 12.5. The molecular formula is C9H10Br2N2O2. The summed E-state index contributed by atoms with van der Waals surface area (Å²) in [5, 5.41) is 0. The molecule has 0 aliphatic carbocycles. The number of halogens is 2. The van der Waals surface area contributed by atoms with Crippen molar-refractivity contribution >= 4 is 37.8 Å². The Bertz CT molecular complexity index is 359. The summed E-state index contributed by atoms with van der Waals surface area (Å²) in [6, 6.07) is 3.67. The molecule has 0 spiro atoms. The van der Waals surface area contributed by atoms with E-state index in [9.17, 15) is 4.79 Å². The fraction of sp³-hybridized carbons (Fsp3) is 0.222. The molecule has 0 aromatic heterocycles. The van der Waals surface area contributed by atoms with E-state index in [2.05, 4.69) is 31.9 Å². The standard InChI is InChI=1S/C9H10Br2N2O2/c10-6-1-5(3-12)2-7(11)9(6)15-4-8(13)14/h1-2H,3-4,12H2,(H2,13,14). The zero-order valence-electron chi connectivity index (χ0n) is 7.80. The molecule has 15 heavy (non-hydrogen) atoms. The number of benzene rings is 1. The van der Waals surface area contributed by atoms with Crippen LogP contribution in [0.5, 0.6) is 5.75 Å². The van der Waals surface area contributed by atoms with E-state index in [-0.39, 0.29) is 6.61 Å². The smallest absolute Gasteiger partial charge is 0.255 e. The Morgan fingerprint density at radius 3 is 2.27 bits per heavy atom. The van der Waals surface area contributed by atoms with Crippen molar-refractivity contribution in [1.82, 2.24) is 0 Å². The number of hydrogen-bond donors (Lipinski definition) is 2. The minimum absolute atomic E-state index is 0.154. The molecule has 0 heterocycles. The van der Waals surface area contributed by atoms with Gasteiger partial charge in [-0.15, -0.1) is 0 Å². The van der Waals surface area contributed by atoms with Crippen LogP contribution in [0.25, 0.3) is 0 Å². The number of primary amides is 1. The van der Waals surface area contributed by atoms with Crippen molar-refractivity contribution in [2.24, 2.45) is 11.5 Å². The largest absolute Gasteiger partial charge is 0.481 e. The van der Waals surface area contributed by atoms with Crippen LogP contribution in [-0.4, -0.2) is 12.5 Å². The highest BCUT2D eigenvalue weighted by Gasteiger charge is 2.09. The lowest BCUT2D eigenvalue weighted by Gasteiger charge is -2.10. The molecule has 1 rings (SSSR count). The van der Waals surface area contributed by atoms with Crippen molar-refractivity contribution in [1.29, 1.82) is 0 Å². The van der Waals surface area contributed by atoms with Crippen molar-refractivity contribution in [2.75, 3.05) is 6.61 Å². The van der Waals surface area contributed by atoms with Crippen LogP contribution < -0.4 is 16.2 Å². The predicted octanol–water partition coefficient (Wildman–Crippen LogP) is 1.53. The lowest BCUT2D eigenvalue weighted by Crippen LogP contribution is -2.20. The van der Waals surface area contributed by atoms with Gasteiger partial charge in [-0.1, -0.05) is 0 Å². The van der Waals surface area contributed by atoms with E-state index >= 15 is 0 Å². The third-order valence-corrected chi connectivity index (χ3v) is 2.83. The van der Waals surface area contributed by atoms with Crippen LogP contribution in [0.4, 0.5) is 0 Å². The Morgan fingerprint density at radius 1 is 1.33 bits per heavy atom. The summed E-state index contributed by atoms with van der Waals surface area (Å²) in [6.45, 7) is 0.284. The van der Waals surface area contributed by atoms with Gasteiger partial charge in [0.05, 0.1) is 8.95 Å². The molecule has 1 amide bonds. The van der Waals surface area contributed by atoms with Crippen molar-refractivity contribution < 1.29 is 9.53 Å². The summed E-state index contributed by atoms with van der Waals surface area (Å²) in [4.78, 5) is 10.6. The van der Waals surface area contributed by atoms with Crippen LogP contribution >= 0.6 is 31.9 Å². The van der Waals surface area contributed by atoms with Gasteiger partial charge in [0.15, 0.2) is 6.61 Å². The Labute approximate surface area is 104 Å². The molecule has 0 saturated carbocycles. The third kappa shape index (κ3) is 3.48. The van der Waals surface area contributed by atoms with Crippen LogP contribution in [0, 0.1) is 0 Å². The first-order chi connectivity index (χ1) is 7.04. The van der Waals surface area contributed by atoms with E-state index in [1.54, 1.807) is 0 Å². The van der Waals surface area contributed by atoms with Gasteiger partial charge in [-0.25, -0.2) is 0 Å². The van der Waals surface area contributed by atoms with E-state index in [1.165, 1.54) is 0 Å². The number of hydrogen-bond acceptors (Lipinski definition) is 3. The van der Waals surface area contributed by atoms with Crippen LogP contribution in [0.2, 0.25) is 0 Å². The zero-order valence-corrected chi connectivity index (χ0v) is 11.0. The molecule has 82 valence electrons. The van der Waals surface area contributed by atoms with Gasteiger partial charge < -0.3 is 16.2 Å². The molecule has 4 N–H and O–H groups in total. The van der Waals surface area contributed by atoms with Gasteiger partial charge >= 0.3 is 0 Å². The Hall–Kier alpha value is -0.590. The molecule has 0 atom stereocenters. The molecule has 4 nitrogen and oxygen atoms in total. The molecule has 6 heteroatoms. The van der Waals surface area contributed by atoms with E-state index in [0.29, 0.717) is 12.3 Å². The van der Waals surface area contributed by atoms with Crippen LogP contribution in [0.3, 0.4) is 0 Å². The summed E-state index contributed by atoms with van der Waals surface area (Å²) in [7, 11) is 0. The molecular weight excluding hydrogens is 328 g/mol. The van der Waals surface area contributed by atoms with Gasteiger partial charge in [-0.2, -0.15) is 0 Å². The van der Waals surface area contributed by atoms with Gasteiger partial charge in [0.25, 0.3) is 5.91 Å². The molecule has 0 radical (unpaired) electrons. The molecule has 0 unspecified atom stereocenters. The van der Waals surface area contributed by atoms with Crippen molar-refractivity contribution in [3.63, 3.8) is 0 Å². The number of carbonyl (C=O) groups excluding carboxylic acids is 1. The fourth-order valence-electron chi connectivity index (χ4n) is 1.01. The maximum atomic E-state index is 10.6. The van der Waals surface area contributed by atoms with E-state index in [0.717, 1.165) is 14.5 Å². The maximum Gasteiger partial charge on any atom is 0.255 e. The third-order valence-electron chi connectivity index (χ3n) is 1.65. The second-order valence-electron chi connectivity index (χ2n) is 2.85. The lowest BCUT2D eigenvalue weighted by molar-refractivity contribution is -0.119. The normalized spacial score (nSPS) is 10.1. The monoisotopic (exact) mass is 336 g/mol. The summed E-state index contributed by atoms with van der Waals surface area (Å²) in [5.41, 5.74) is 11.4. The SMILES string of the molecule is NCc1cc(Br)c(OCC(N)=O)c(Br)c1. The van der Waals surface area contributed by atoms with Crippen molar-refractivity contribution in [3.8, 4) is 5.75 Å². The summed E-state index contributed by atoms with van der Waals surface area (Å²) in [5.74, 6) is 0.0303. The number of ether oxygens (including phenoxy) is 1. The second kappa shape index (κ2) is 5.48. The van der Waals surface area contributed by atoms with Crippen LogP contribution in [-0.2, 0) is 11.3 Å². The lowest BCUT2D eigenvalue weighted by atomic mass is 10.2. The highest BCUT2D eigenvalue weighted by atomic mass is 79.9. The Morgan fingerprint density at radius 2 is 1.87 bits per heavy atom. The summed E-state index contributed by atoms with van der Waals surface area (Å²) >= 11 is 6.65. The quantitative estimate of drug-likeness (QED) is 0.874. The van der Waals surface area contributed by atoms with Gasteiger partial charge in [0, 0.05) is 6.54 Å². The molecule has 1 aromatic carbocycles. The Balaban J connectivity index is 2.92. The van der Waals surface area contributed by atoms with E-state index in [4.69, 9.17) is 16.2 Å². The number of rotatable bonds is 4. The van der Waals surface area contributed by atoms with Crippen LogP contribution in [0.1, 0.15) is 5.56 Å². The average Bonchev–Trinajstić information content (AvgIpc) is 2.15. The molecule has 0 aliphatic rings. The maximum absolute atomic E-state index is 10.6. The van der Waals surface area contributed by atoms with Gasteiger partial charge in [0.2, 0.25) is 0 Å². The number of carbonyl (C=O) groups is 1. The molecule has 0 aliphatic heterocycles. The fourth-order valence-corrected chi connectivity index (χ4v) is 2.52. The average molecular weight is 338 g/mol. The van der Waals surface area contributed by atoms with Gasteiger partial charge in [-0.3, -0.25) is 4.79 Å². The minimum atomic E-state index is -0.517. The summed E-state index contributed by atoms with van der Waals surface area (Å²) < 4.78 is 6.69. The number of amides is 1.